The van der Waals surface area contributed by atoms with Crippen molar-refractivity contribution in [3.05, 3.63) is 71.9 Å². The van der Waals surface area contributed by atoms with Gasteiger partial charge in [0.1, 0.15) is 18.1 Å². The lowest BCUT2D eigenvalue weighted by molar-refractivity contribution is -0.144. The first kappa shape index (κ1) is 31.8. The number of nitrogens with two attached hydrogens (primary N) is 1. The van der Waals surface area contributed by atoms with Crippen LogP contribution in [0.1, 0.15) is 37.8 Å². The fraction of sp³-hybridized carbons (Fsp3) is 0.367. The van der Waals surface area contributed by atoms with Crippen LogP contribution in [-0.4, -0.2) is 69.0 Å². The topological polar surface area (TPSA) is 204 Å². The van der Waals surface area contributed by atoms with Gasteiger partial charge in [0.25, 0.3) is 0 Å². The minimum Gasteiger partial charge on any atom is -0.481 e. The second kappa shape index (κ2) is 14.8. The Morgan fingerprint density at radius 1 is 0.786 bits per heavy atom. The minimum absolute atomic E-state index is 0.00611. The van der Waals surface area contributed by atoms with Gasteiger partial charge >= 0.3 is 11.9 Å². The SMILES string of the molecule is CC(C)CC(NC(=O)C(CC(=O)O)NC(=O)C(Cc1c[nH]c2ccccc12)NC(=O)C(N)Cc1ccccc1)C(=O)O. The van der Waals surface area contributed by atoms with E-state index in [0.29, 0.717) is 5.56 Å². The van der Waals surface area contributed by atoms with Crippen LogP contribution in [0.15, 0.2) is 60.8 Å². The minimum atomic E-state index is -1.59. The number of para-hydroxylation sites is 1. The molecule has 4 unspecified atom stereocenters. The molecule has 12 nitrogen and oxygen atoms in total. The van der Waals surface area contributed by atoms with Gasteiger partial charge in [-0.3, -0.25) is 19.2 Å². The van der Waals surface area contributed by atoms with Crippen LogP contribution >= 0.6 is 0 Å². The first-order chi connectivity index (χ1) is 19.9. The quantitative estimate of drug-likeness (QED) is 0.140. The summed E-state index contributed by atoms with van der Waals surface area (Å²) in [7, 11) is 0. The molecular weight excluding hydrogens is 542 g/mol. The summed E-state index contributed by atoms with van der Waals surface area (Å²) in [6.07, 6.45) is 1.22. The number of carboxylic acid groups (broad SMARTS) is 2. The number of aromatic amines is 1. The fourth-order valence-electron chi connectivity index (χ4n) is 4.59. The molecule has 0 aliphatic heterocycles. The summed E-state index contributed by atoms with van der Waals surface area (Å²) in [6, 6.07) is 11.4. The Balaban J connectivity index is 1.83. The van der Waals surface area contributed by atoms with Crippen molar-refractivity contribution >= 4 is 40.6 Å². The lowest BCUT2D eigenvalue weighted by atomic mass is 10.0. The predicted molar refractivity (Wildman–Crippen MR) is 155 cm³/mol. The van der Waals surface area contributed by atoms with E-state index < -0.39 is 60.2 Å². The normalized spacial score (nSPS) is 14.0. The van der Waals surface area contributed by atoms with E-state index in [0.717, 1.165) is 16.5 Å². The Morgan fingerprint density at radius 3 is 2.02 bits per heavy atom. The summed E-state index contributed by atoms with van der Waals surface area (Å²) in [5.41, 5.74) is 8.49. The predicted octanol–water partition coefficient (Wildman–Crippen LogP) is 1.34. The van der Waals surface area contributed by atoms with Crippen LogP contribution in [-0.2, 0) is 36.8 Å². The van der Waals surface area contributed by atoms with E-state index in [2.05, 4.69) is 20.9 Å². The molecule has 224 valence electrons. The number of amides is 3. The second-order valence-corrected chi connectivity index (χ2v) is 10.6. The molecular formula is C30H37N5O7. The highest BCUT2D eigenvalue weighted by molar-refractivity contribution is 5.96. The van der Waals surface area contributed by atoms with E-state index in [1.807, 2.05) is 54.6 Å². The van der Waals surface area contributed by atoms with E-state index in [9.17, 15) is 34.2 Å². The van der Waals surface area contributed by atoms with Gasteiger partial charge in [-0.1, -0.05) is 62.4 Å². The number of hydrogen-bond acceptors (Lipinski definition) is 6. The maximum Gasteiger partial charge on any atom is 0.326 e. The zero-order valence-electron chi connectivity index (χ0n) is 23.5. The lowest BCUT2D eigenvalue weighted by Crippen LogP contribution is -2.58. The fourth-order valence-corrected chi connectivity index (χ4v) is 4.59. The van der Waals surface area contributed by atoms with Crippen molar-refractivity contribution in [2.24, 2.45) is 11.7 Å². The van der Waals surface area contributed by atoms with Gasteiger partial charge in [-0.25, -0.2) is 4.79 Å². The molecule has 0 radical (unpaired) electrons. The maximum atomic E-state index is 13.5. The Bertz CT molecular complexity index is 1410. The molecule has 3 amide bonds. The standard InChI is InChI=1S/C30H37N5O7/c1-17(2)12-25(30(41)42)35-29(40)24(15-26(36)37)34-28(39)23(14-19-16-32-22-11-7-6-10-20(19)22)33-27(38)21(31)13-18-8-4-3-5-9-18/h3-11,16-17,21,23-25,32H,12-15,31H2,1-2H3,(H,33,38)(H,34,39)(H,35,40)(H,36,37)(H,41,42). The first-order valence-corrected chi connectivity index (χ1v) is 13.6. The van der Waals surface area contributed by atoms with Crippen LogP contribution in [0.5, 0.6) is 0 Å². The number of carboxylic acids is 2. The van der Waals surface area contributed by atoms with E-state index in [1.54, 1.807) is 20.0 Å². The van der Waals surface area contributed by atoms with E-state index in [1.165, 1.54) is 0 Å². The van der Waals surface area contributed by atoms with Crippen LogP contribution in [0, 0.1) is 5.92 Å². The molecule has 2 aromatic carbocycles. The number of rotatable bonds is 15. The number of carbonyl (C=O) groups is 5. The Kier molecular flexibility index (Phi) is 11.2. The summed E-state index contributed by atoms with van der Waals surface area (Å²) in [4.78, 5) is 66.0. The lowest BCUT2D eigenvalue weighted by Gasteiger charge is -2.25. The van der Waals surface area contributed by atoms with Gasteiger partial charge in [-0.05, 0) is 36.0 Å². The molecule has 0 spiro atoms. The van der Waals surface area contributed by atoms with Crippen LogP contribution in [0.4, 0.5) is 0 Å². The molecule has 0 fully saturated rings. The summed E-state index contributed by atoms with van der Waals surface area (Å²) in [5.74, 6) is -5.13. The van der Waals surface area contributed by atoms with Crippen molar-refractivity contribution in [3.8, 4) is 0 Å². The molecule has 0 aliphatic rings. The molecule has 0 bridgehead atoms. The van der Waals surface area contributed by atoms with Gasteiger partial charge < -0.3 is 36.9 Å². The maximum absolute atomic E-state index is 13.5. The van der Waals surface area contributed by atoms with Crippen molar-refractivity contribution in [1.82, 2.24) is 20.9 Å². The number of H-pyrrole nitrogens is 1. The molecule has 3 rings (SSSR count). The zero-order chi connectivity index (χ0) is 30.8. The van der Waals surface area contributed by atoms with E-state index >= 15 is 0 Å². The van der Waals surface area contributed by atoms with Gasteiger partial charge in [0, 0.05) is 23.5 Å². The van der Waals surface area contributed by atoms with Gasteiger partial charge in [0.05, 0.1) is 12.5 Å². The number of aromatic nitrogens is 1. The molecule has 3 aromatic rings. The first-order valence-electron chi connectivity index (χ1n) is 13.6. The third-order valence-corrected chi connectivity index (χ3v) is 6.70. The number of carbonyl (C=O) groups excluding carboxylic acids is 3. The monoisotopic (exact) mass is 579 g/mol. The van der Waals surface area contributed by atoms with Crippen molar-refractivity contribution in [2.75, 3.05) is 0 Å². The smallest absolute Gasteiger partial charge is 0.326 e. The van der Waals surface area contributed by atoms with E-state index in [-0.39, 0.29) is 25.2 Å². The van der Waals surface area contributed by atoms with Crippen LogP contribution in [0.3, 0.4) is 0 Å². The molecule has 0 saturated carbocycles. The molecule has 42 heavy (non-hydrogen) atoms. The molecule has 1 heterocycles. The zero-order valence-corrected chi connectivity index (χ0v) is 23.5. The Labute approximate surface area is 243 Å². The van der Waals surface area contributed by atoms with Crippen LogP contribution < -0.4 is 21.7 Å². The highest BCUT2D eigenvalue weighted by Crippen LogP contribution is 2.19. The van der Waals surface area contributed by atoms with Gasteiger partial charge in [-0.15, -0.1) is 0 Å². The van der Waals surface area contributed by atoms with Gasteiger partial charge in [0.15, 0.2) is 0 Å². The Morgan fingerprint density at radius 2 is 1.38 bits per heavy atom. The average Bonchev–Trinajstić information content (AvgIpc) is 3.34. The molecule has 8 N–H and O–H groups in total. The third kappa shape index (κ3) is 9.16. The number of nitrogens with one attached hydrogen (secondary N) is 4. The summed E-state index contributed by atoms with van der Waals surface area (Å²) in [6.45, 7) is 3.55. The number of hydrogen-bond donors (Lipinski definition) is 7. The molecule has 4 atom stereocenters. The molecule has 12 heteroatoms. The number of benzene rings is 2. The second-order valence-electron chi connectivity index (χ2n) is 10.6. The van der Waals surface area contributed by atoms with Crippen LogP contribution in [0.2, 0.25) is 0 Å². The van der Waals surface area contributed by atoms with Crippen molar-refractivity contribution in [1.29, 1.82) is 0 Å². The third-order valence-electron chi connectivity index (χ3n) is 6.70. The summed E-state index contributed by atoms with van der Waals surface area (Å²) in [5, 5.41) is 27.1. The van der Waals surface area contributed by atoms with Crippen molar-refractivity contribution in [2.45, 2.75) is 63.7 Å². The molecule has 1 aromatic heterocycles. The number of aliphatic carboxylic acids is 2. The largest absolute Gasteiger partial charge is 0.481 e. The van der Waals surface area contributed by atoms with Crippen molar-refractivity contribution < 1.29 is 34.2 Å². The van der Waals surface area contributed by atoms with Crippen LogP contribution in [0.25, 0.3) is 10.9 Å². The summed E-state index contributed by atoms with van der Waals surface area (Å²) >= 11 is 0. The van der Waals surface area contributed by atoms with Crippen molar-refractivity contribution in [3.63, 3.8) is 0 Å². The van der Waals surface area contributed by atoms with Gasteiger partial charge in [-0.2, -0.15) is 0 Å². The summed E-state index contributed by atoms with van der Waals surface area (Å²) < 4.78 is 0. The average molecular weight is 580 g/mol. The van der Waals surface area contributed by atoms with E-state index in [4.69, 9.17) is 5.73 Å². The highest BCUT2D eigenvalue weighted by atomic mass is 16.4. The molecule has 0 saturated heterocycles. The molecule has 0 aliphatic carbocycles. The highest BCUT2D eigenvalue weighted by Gasteiger charge is 2.32. The van der Waals surface area contributed by atoms with Gasteiger partial charge in [0.2, 0.25) is 17.7 Å². The number of fused-ring (bicyclic) bond motifs is 1. The Hall–Kier alpha value is -4.71.